The molecule has 1 unspecified atom stereocenters. The van der Waals surface area contributed by atoms with Gasteiger partial charge in [0.2, 0.25) is 0 Å². The van der Waals surface area contributed by atoms with Gasteiger partial charge in [0.25, 0.3) is 11.7 Å². The van der Waals surface area contributed by atoms with Crippen molar-refractivity contribution in [1.29, 1.82) is 0 Å². The van der Waals surface area contributed by atoms with Crippen LogP contribution in [0.3, 0.4) is 0 Å². The molecule has 0 aliphatic carbocycles. The number of nitrogens with zero attached hydrogens (tertiary/aromatic N) is 2. The number of hydrogen-bond acceptors (Lipinski definition) is 5. The Bertz CT molecular complexity index is 982. The summed E-state index contributed by atoms with van der Waals surface area (Å²) in [7, 11) is 3.94. The topological polar surface area (TPSA) is 70.1 Å². The Labute approximate surface area is 183 Å². The second-order valence-corrected chi connectivity index (χ2v) is 7.97. The predicted molar refractivity (Wildman–Crippen MR) is 121 cm³/mol. The molecule has 31 heavy (non-hydrogen) atoms. The first-order chi connectivity index (χ1) is 14.8. The number of Topliss-reactive ketones (excluding diaryl/α,β-unsaturated/α-hetero) is 1. The van der Waals surface area contributed by atoms with Gasteiger partial charge in [-0.15, -0.1) is 0 Å². The van der Waals surface area contributed by atoms with Crippen LogP contribution in [0, 0.1) is 6.92 Å². The van der Waals surface area contributed by atoms with Crippen LogP contribution in [0.25, 0.3) is 5.76 Å². The average Bonchev–Trinajstić information content (AvgIpc) is 3.00. The van der Waals surface area contributed by atoms with Crippen LogP contribution in [0.5, 0.6) is 5.75 Å². The molecule has 0 radical (unpaired) electrons. The monoisotopic (exact) mass is 422 g/mol. The zero-order chi connectivity index (χ0) is 22.5. The third-order valence-electron chi connectivity index (χ3n) is 5.41. The van der Waals surface area contributed by atoms with Gasteiger partial charge < -0.3 is 19.6 Å². The fourth-order valence-corrected chi connectivity index (χ4v) is 3.92. The molecule has 1 aliphatic heterocycles. The minimum atomic E-state index is -0.650. The summed E-state index contributed by atoms with van der Waals surface area (Å²) in [6.07, 6.45) is 0.728. The number of benzene rings is 2. The third-order valence-corrected chi connectivity index (χ3v) is 5.41. The number of carbonyl (C=O) groups is 2. The van der Waals surface area contributed by atoms with E-state index in [0.29, 0.717) is 18.7 Å². The van der Waals surface area contributed by atoms with E-state index < -0.39 is 17.7 Å². The van der Waals surface area contributed by atoms with Crippen molar-refractivity contribution in [1.82, 2.24) is 9.80 Å². The van der Waals surface area contributed by atoms with Crippen LogP contribution in [0.2, 0.25) is 0 Å². The number of aryl methyl sites for hydroxylation is 1. The van der Waals surface area contributed by atoms with Gasteiger partial charge in [-0.2, -0.15) is 0 Å². The Balaban J connectivity index is 2.06. The molecular formula is C25H30N2O4. The lowest BCUT2D eigenvalue weighted by atomic mass is 9.95. The molecule has 1 saturated heterocycles. The Morgan fingerprint density at radius 3 is 2.45 bits per heavy atom. The molecule has 0 spiro atoms. The van der Waals surface area contributed by atoms with E-state index in [1.165, 1.54) is 0 Å². The molecule has 6 nitrogen and oxygen atoms in total. The largest absolute Gasteiger partial charge is 0.507 e. The molecule has 2 aromatic carbocycles. The van der Waals surface area contributed by atoms with Gasteiger partial charge in [-0.25, -0.2) is 0 Å². The smallest absolute Gasteiger partial charge is 0.295 e. The lowest BCUT2D eigenvalue weighted by Crippen LogP contribution is -2.32. The number of likely N-dealkylation sites (tertiary alicyclic amines) is 1. The summed E-state index contributed by atoms with van der Waals surface area (Å²) in [5, 5.41) is 11.1. The number of ether oxygens (including phenoxy) is 1. The molecule has 1 amide bonds. The Morgan fingerprint density at radius 1 is 1.13 bits per heavy atom. The van der Waals surface area contributed by atoms with Gasteiger partial charge in [-0.1, -0.05) is 30.3 Å². The van der Waals surface area contributed by atoms with E-state index in [-0.39, 0.29) is 11.3 Å². The van der Waals surface area contributed by atoms with Crippen LogP contribution >= 0.6 is 0 Å². The van der Waals surface area contributed by atoms with E-state index in [1.807, 2.05) is 63.2 Å². The second-order valence-electron chi connectivity index (χ2n) is 7.97. The lowest BCUT2D eigenvalue weighted by Gasteiger charge is -2.26. The molecule has 1 fully saturated rings. The third kappa shape index (κ3) is 4.80. The first kappa shape index (κ1) is 22.6. The molecule has 0 saturated carbocycles. The standard InChI is InChI=1S/C25H30N2O4/c1-5-31-20-13-12-19(16-17(20)2)23(28)21-22(18-10-7-6-8-11-18)27(25(30)24(21)29)15-9-14-26(3)4/h6-8,10-13,16,22,28H,5,9,14-15H2,1-4H3/b23-21-. The fourth-order valence-electron chi connectivity index (χ4n) is 3.92. The number of carbonyl (C=O) groups excluding carboxylic acids is 2. The van der Waals surface area contributed by atoms with Crippen molar-refractivity contribution in [3.05, 3.63) is 70.8 Å². The van der Waals surface area contributed by atoms with Gasteiger partial charge in [0.15, 0.2) is 0 Å². The van der Waals surface area contributed by atoms with Crippen LogP contribution in [0.4, 0.5) is 0 Å². The first-order valence-electron chi connectivity index (χ1n) is 10.6. The fraction of sp³-hybridized carbons (Fsp3) is 0.360. The van der Waals surface area contributed by atoms with Gasteiger partial charge in [0.1, 0.15) is 11.5 Å². The Morgan fingerprint density at radius 2 is 1.84 bits per heavy atom. The molecule has 164 valence electrons. The zero-order valence-corrected chi connectivity index (χ0v) is 18.6. The molecule has 1 N–H and O–H groups in total. The van der Waals surface area contributed by atoms with Crippen LogP contribution in [-0.2, 0) is 9.59 Å². The minimum Gasteiger partial charge on any atom is -0.507 e. The maximum Gasteiger partial charge on any atom is 0.295 e. The van der Waals surface area contributed by atoms with E-state index in [2.05, 4.69) is 0 Å². The van der Waals surface area contributed by atoms with E-state index in [4.69, 9.17) is 4.74 Å². The highest BCUT2D eigenvalue weighted by Gasteiger charge is 2.45. The highest BCUT2D eigenvalue weighted by atomic mass is 16.5. The van der Waals surface area contributed by atoms with Gasteiger partial charge >= 0.3 is 0 Å². The number of hydrogen-bond donors (Lipinski definition) is 1. The minimum absolute atomic E-state index is 0.129. The highest BCUT2D eigenvalue weighted by Crippen LogP contribution is 2.39. The average molecular weight is 423 g/mol. The van der Waals surface area contributed by atoms with Crippen LogP contribution in [0.1, 0.15) is 36.1 Å². The zero-order valence-electron chi connectivity index (χ0n) is 18.6. The highest BCUT2D eigenvalue weighted by molar-refractivity contribution is 6.46. The van der Waals surface area contributed by atoms with Crippen molar-refractivity contribution in [3.63, 3.8) is 0 Å². The van der Waals surface area contributed by atoms with Gasteiger partial charge in [0, 0.05) is 12.1 Å². The molecule has 0 bridgehead atoms. The van der Waals surface area contributed by atoms with E-state index >= 15 is 0 Å². The SMILES string of the molecule is CCOc1ccc(/C(O)=C2/C(=O)C(=O)N(CCCN(C)C)C2c2ccccc2)cc1C. The van der Waals surface area contributed by atoms with E-state index in [0.717, 1.165) is 29.8 Å². The molecule has 3 rings (SSSR count). The van der Waals surface area contributed by atoms with Crippen LogP contribution < -0.4 is 4.74 Å². The maximum absolute atomic E-state index is 13.0. The van der Waals surface area contributed by atoms with Gasteiger partial charge in [-0.3, -0.25) is 9.59 Å². The molecule has 2 aromatic rings. The first-order valence-corrected chi connectivity index (χ1v) is 10.6. The van der Waals surface area contributed by atoms with Crippen LogP contribution in [0.15, 0.2) is 54.1 Å². The van der Waals surface area contributed by atoms with Gasteiger partial charge in [0.05, 0.1) is 18.2 Å². The van der Waals surface area contributed by atoms with Crippen molar-refractivity contribution in [3.8, 4) is 5.75 Å². The molecule has 6 heteroatoms. The molecule has 1 atom stereocenters. The number of amides is 1. The summed E-state index contributed by atoms with van der Waals surface area (Å²) in [5.74, 6) is -0.657. The predicted octanol–water partition coefficient (Wildman–Crippen LogP) is 3.77. The lowest BCUT2D eigenvalue weighted by molar-refractivity contribution is -0.139. The summed E-state index contributed by atoms with van der Waals surface area (Å²) < 4.78 is 5.58. The summed E-state index contributed by atoms with van der Waals surface area (Å²) in [6.45, 7) is 5.56. The van der Waals surface area contributed by atoms with Crippen LogP contribution in [-0.4, -0.2) is 60.4 Å². The quantitative estimate of drug-likeness (QED) is 0.398. The Kier molecular flexibility index (Phi) is 7.13. The molecule has 1 heterocycles. The summed E-state index contributed by atoms with van der Waals surface area (Å²) in [5.41, 5.74) is 2.27. The number of ketones is 1. The van der Waals surface area contributed by atoms with Crippen molar-refractivity contribution in [2.24, 2.45) is 0 Å². The number of aliphatic hydroxyl groups is 1. The number of aliphatic hydroxyl groups excluding tert-OH is 1. The van der Waals surface area contributed by atoms with Crippen molar-refractivity contribution in [2.45, 2.75) is 26.3 Å². The summed E-state index contributed by atoms with van der Waals surface area (Å²) in [4.78, 5) is 29.6. The molecule has 0 aromatic heterocycles. The summed E-state index contributed by atoms with van der Waals surface area (Å²) >= 11 is 0. The number of rotatable bonds is 8. The maximum atomic E-state index is 13.0. The van der Waals surface area contributed by atoms with Crippen molar-refractivity contribution < 1.29 is 19.4 Å². The van der Waals surface area contributed by atoms with Gasteiger partial charge in [-0.05, 0) is 70.2 Å². The molecular weight excluding hydrogens is 392 g/mol. The Hall–Kier alpha value is -3.12. The van der Waals surface area contributed by atoms with Crippen molar-refractivity contribution >= 4 is 17.4 Å². The molecule has 1 aliphatic rings. The van der Waals surface area contributed by atoms with E-state index in [9.17, 15) is 14.7 Å². The normalized spacial score (nSPS) is 18.1. The van der Waals surface area contributed by atoms with Crippen molar-refractivity contribution in [2.75, 3.05) is 33.8 Å². The summed E-state index contributed by atoms with van der Waals surface area (Å²) in [6, 6.07) is 14.0. The van der Waals surface area contributed by atoms with E-state index in [1.54, 1.807) is 23.1 Å². The second kappa shape index (κ2) is 9.79.